The Bertz CT molecular complexity index is 1220. The van der Waals surface area contributed by atoms with E-state index in [0.29, 0.717) is 18.0 Å². The summed E-state index contributed by atoms with van der Waals surface area (Å²) in [4.78, 5) is 8.09. The van der Waals surface area contributed by atoms with Crippen LogP contribution in [0.5, 0.6) is 11.6 Å². The molecule has 2 aromatic carbocycles. The number of ether oxygens (including phenoxy) is 1. The van der Waals surface area contributed by atoms with Crippen LogP contribution in [0.25, 0.3) is 11.4 Å². The van der Waals surface area contributed by atoms with Crippen molar-refractivity contribution >= 4 is 11.6 Å². The van der Waals surface area contributed by atoms with Gasteiger partial charge in [0.15, 0.2) is 5.82 Å². The van der Waals surface area contributed by atoms with Crippen LogP contribution >= 0.6 is 11.6 Å². The number of nitrogens with zero attached hydrogens (tertiary/aromatic N) is 4. The van der Waals surface area contributed by atoms with Gasteiger partial charge in [-0.15, -0.1) is 0 Å². The van der Waals surface area contributed by atoms with E-state index in [4.69, 9.17) is 16.3 Å². The van der Waals surface area contributed by atoms with Crippen molar-refractivity contribution in [3.05, 3.63) is 88.6 Å². The molecule has 164 valence electrons. The molecule has 4 aromatic rings. The van der Waals surface area contributed by atoms with Crippen LogP contribution in [0, 0.1) is 5.82 Å². The second-order valence-electron chi connectivity index (χ2n) is 6.88. The minimum absolute atomic E-state index is 0.0467. The van der Waals surface area contributed by atoms with E-state index in [2.05, 4.69) is 15.1 Å². The van der Waals surface area contributed by atoms with Crippen LogP contribution in [0.15, 0.2) is 60.8 Å². The predicted octanol–water partition coefficient (Wildman–Crippen LogP) is 6.07. The van der Waals surface area contributed by atoms with Gasteiger partial charge >= 0.3 is 6.18 Å². The molecule has 0 amide bonds. The molecule has 2 aromatic heterocycles. The number of halogens is 5. The largest absolute Gasteiger partial charge is 0.439 e. The lowest BCUT2D eigenvalue weighted by atomic mass is 10.1. The fraction of sp³-hybridized carbons (Fsp3) is 0.136. The van der Waals surface area contributed by atoms with Gasteiger partial charge in [0.25, 0.3) is 0 Å². The Hall–Kier alpha value is -3.46. The number of benzene rings is 2. The van der Waals surface area contributed by atoms with Crippen LogP contribution in [0.3, 0.4) is 0 Å². The van der Waals surface area contributed by atoms with Crippen molar-refractivity contribution in [3.8, 4) is 23.0 Å². The lowest BCUT2D eigenvalue weighted by Gasteiger charge is -2.08. The van der Waals surface area contributed by atoms with E-state index in [1.165, 1.54) is 12.1 Å². The first kappa shape index (κ1) is 21.8. The molecule has 0 unspecified atom stereocenters. The lowest BCUT2D eigenvalue weighted by molar-refractivity contribution is -0.137. The van der Waals surface area contributed by atoms with Gasteiger partial charge in [-0.1, -0.05) is 29.8 Å². The van der Waals surface area contributed by atoms with Crippen LogP contribution < -0.4 is 4.74 Å². The Morgan fingerprint density at radius 3 is 2.41 bits per heavy atom. The van der Waals surface area contributed by atoms with Crippen molar-refractivity contribution < 1.29 is 22.3 Å². The van der Waals surface area contributed by atoms with E-state index >= 15 is 0 Å². The molecule has 0 aliphatic rings. The first-order chi connectivity index (χ1) is 15.2. The van der Waals surface area contributed by atoms with E-state index in [-0.39, 0.29) is 22.3 Å². The molecule has 0 aliphatic carbocycles. The van der Waals surface area contributed by atoms with Gasteiger partial charge in [-0.25, -0.2) is 14.4 Å². The van der Waals surface area contributed by atoms with Gasteiger partial charge < -0.3 is 4.74 Å². The molecule has 4 rings (SSSR count). The Balaban J connectivity index is 1.47. The van der Waals surface area contributed by atoms with Crippen molar-refractivity contribution in [1.29, 1.82) is 0 Å². The van der Waals surface area contributed by atoms with E-state index in [0.717, 1.165) is 23.9 Å². The summed E-state index contributed by atoms with van der Waals surface area (Å²) in [6.07, 6.45) is -3.32. The normalized spacial score (nSPS) is 11.6. The third-order valence-electron chi connectivity index (χ3n) is 4.61. The standard InChI is InChI=1S/C22H15ClF4N4O/c1-31-18(29-21(30-31)20-16(23)3-2-4-17(20)24)11-13-5-8-15(9-6-13)32-19-10-7-14(12-28-19)22(25,26)27/h2-10,12H,11H2,1H3. The number of aryl methyl sites for hydroxylation is 1. The molecular weight excluding hydrogens is 448 g/mol. The molecule has 5 nitrogen and oxygen atoms in total. The SMILES string of the molecule is Cn1nc(-c2c(F)cccc2Cl)nc1Cc1ccc(Oc2ccc(C(F)(F)F)cn2)cc1. The fourth-order valence-electron chi connectivity index (χ4n) is 2.98. The van der Waals surface area contributed by atoms with Gasteiger partial charge in [-0.3, -0.25) is 4.68 Å². The number of hydrogen-bond acceptors (Lipinski definition) is 4. The summed E-state index contributed by atoms with van der Waals surface area (Å²) in [5, 5.41) is 4.49. The van der Waals surface area contributed by atoms with Crippen LogP contribution in [0.4, 0.5) is 17.6 Å². The number of rotatable bonds is 5. The molecule has 10 heteroatoms. The zero-order chi connectivity index (χ0) is 22.9. The maximum Gasteiger partial charge on any atom is 0.417 e. The molecule has 0 aliphatic heterocycles. The maximum absolute atomic E-state index is 14.2. The van der Waals surface area contributed by atoms with Gasteiger partial charge in [-0.2, -0.15) is 18.3 Å². The second-order valence-corrected chi connectivity index (χ2v) is 7.28. The smallest absolute Gasteiger partial charge is 0.417 e. The van der Waals surface area contributed by atoms with Crippen molar-refractivity contribution in [3.63, 3.8) is 0 Å². The van der Waals surface area contributed by atoms with Crippen molar-refractivity contribution in [1.82, 2.24) is 19.7 Å². The summed E-state index contributed by atoms with van der Waals surface area (Å²) >= 11 is 6.10. The molecule has 0 saturated heterocycles. The molecule has 0 bridgehead atoms. The molecule has 0 radical (unpaired) electrons. The topological polar surface area (TPSA) is 52.8 Å². The zero-order valence-corrected chi connectivity index (χ0v) is 17.3. The fourth-order valence-corrected chi connectivity index (χ4v) is 3.22. The van der Waals surface area contributed by atoms with Crippen molar-refractivity contribution in [2.75, 3.05) is 0 Å². The summed E-state index contributed by atoms with van der Waals surface area (Å²) in [7, 11) is 1.70. The van der Waals surface area contributed by atoms with Gasteiger partial charge in [0.2, 0.25) is 5.88 Å². The molecule has 0 spiro atoms. The van der Waals surface area contributed by atoms with Crippen LogP contribution in [-0.4, -0.2) is 19.7 Å². The molecule has 0 atom stereocenters. The summed E-state index contributed by atoms with van der Waals surface area (Å²) < 4.78 is 59.1. The minimum atomic E-state index is -4.45. The molecule has 2 heterocycles. The minimum Gasteiger partial charge on any atom is -0.439 e. The van der Waals surface area contributed by atoms with Gasteiger partial charge in [0, 0.05) is 25.7 Å². The third kappa shape index (κ3) is 4.72. The molecule has 0 N–H and O–H groups in total. The lowest BCUT2D eigenvalue weighted by Crippen LogP contribution is -2.05. The monoisotopic (exact) mass is 462 g/mol. The average molecular weight is 463 g/mol. The third-order valence-corrected chi connectivity index (χ3v) is 4.93. The highest BCUT2D eigenvalue weighted by atomic mass is 35.5. The number of pyridine rings is 1. The van der Waals surface area contributed by atoms with Crippen molar-refractivity contribution in [2.24, 2.45) is 7.05 Å². The highest BCUT2D eigenvalue weighted by Crippen LogP contribution is 2.31. The van der Waals surface area contributed by atoms with E-state index in [1.54, 1.807) is 42.1 Å². The average Bonchev–Trinajstić information content (AvgIpc) is 3.09. The van der Waals surface area contributed by atoms with E-state index in [9.17, 15) is 17.6 Å². The first-order valence-corrected chi connectivity index (χ1v) is 9.73. The summed E-state index contributed by atoms with van der Waals surface area (Å²) in [5.74, 6) is 0.743. The van der Waals surface area contributed by atoms with E-state index in [1.807, 2.05) is 0 Å². The predicted molar refractivity (Wildman–Crippen MR) is 110 cm³/mol. The molecule has 32 heavy (non-hydrogen) atoms. The first-order valence-electron chi connectivity index (χ1n) is 9.35. The second kappa shape index (κ2) is 8.58. The molecular formula is C22H15ClF4N4O. The van der Waals surface area contributed by atoms with Gasteiger partial charge in [0.05, 0.1) is 16.1 Å². The Labute approximate surface area is 185 Å². The zero-order valence-electron chi connectivity index (χ0n) is 16.6. The number of hydrogen-bond donors (Lipinski definition) is 0. The Morgan fingerprint density at radius 1 is 1.03 bits per heavy atom. The summed E-state index contributed by atoms with van der Waals surface area (Å²) in [6, 6.07) is 13.3. The Kier molecular flexibility index (Phi) is 5.84. The summed E-state index contributed by atoms with van der Waals surface area (Å²) in [5.41, 5.74) is 0.170. The summed E-state index contributed by atoms with van der Waals surface area (Å²) in [6.45, 7) is 0. The van der Waals surface area contributed by atoms with Crippen molar-refractivity contribution in [2.45, 2.75) is 12.6 Å². The highest BCUT2D eigenvalue weighted by Gasteiger charge is 2.30. The highest BCUT2D eigenvalue weighted by molar-refractivity contribution is 6.33. The van der Waals surface area contributed by atoms with Crippen LogP contribution in [0.1, 0.15) is 17.0 Å². The number of alkyl halides is 3. The quantitative estimate of drug-likeness (QED) is 0.338. The van der Waals surface area contributed by atoms with Crippen LogP contribution in [-0.2, 0) is 19.6 Å². The van der Waals surface area contributed by atoms with Gasteiger partial charge in [0.1, 0.15) is 17.4 Å². The van der Waals surface area contributed by atoms with E-state index < -0.39 is 17.6 Å². The molecule has 0 fully saturated rings. The van der Waals surface area contributed by atoms with Gasteiger partial charge in [-0.05, 0) is 35.9 Å². The maximum atomic E-state index is 14.2. The molecule has 0 saturated carbocycles. The number of aromatic nitrogens is 4. The Morgan fingerprint density at radius 2 is 1.78 bits per heavy atom. The van der Waals surface area contributed by atoms with Crippen LogP contribution in [0.2, 0.25) is 5.02 Å².